The Kier molecular flexibility index (Phi) is 3.17. The van der Waals surface area contributed by atoms with Gasteiger partial charge in [-0.05, 0) is 32.1 Å². The second kappa shape index (κ2) is 4.71. The van der Waals surface area contributed by atoms with Gasteiger partial charge in [-0.15, -0.1) is 0 Å². The third kappa shape index (κ3) is 2.43. The molecule has 0 radical (unpaired) electrons. The Bertz CT molecular complexity index is 465. The molecule has 1 aromatic rings. The zero-order valence-electron chi connectivity index (χ0n) is 10.5. The number of hydrogen-bond acceptors (Lipinski definition) is 2. The molecule has 1 N–H and O–H groups in total. The van der Waals surface area contributed by atoms with E-state index in [4.69, 9.17) is 4.74 Å². The standard InChI is InChI=1S/C14H16F3NO/c15-9-6-11(16)13(12(17)7-9)18-10-2-5-19-14(8-10)3-1-4-14/h6-7,10,18H,1-5,8H2. The Morgan fingerprint density at radius 2 is 1.84 bits per heavy atom. The summed E-state index contributed by atoms with van der Waals surface area (Å²) in [5, 5.41) is 2.87. The normalized spacial score (nSPS) is 25.1. The largest absolute Gasteiger partial charge is 0.377 e. The van der Waals surface area contributed by atoms with Crippen LogP contribution in [0.3, 0.4) is 0 Å². The minimum atomic E-state index is -0.900. The molecule has 2 fully saturated rings. The molecule has 1 spiro atoms. The fourth-order valence-corrected chi connectivity index (χ4v) is 2.95. The van der Waals surface area contributed by atoms with Crippen molar-refractivity contribution in [3.63, 3.8) is 0 Å². The van der Waals surface area contributed by atoms with Gasteiger partial charge in [0, 0.05) is 24.8 Å². The van der Waals surface area contributed by atoms with Gasteiger partial charge in [0.2, 0.25) is 0 Å². The summed E-state index contributed by atoms with van der Waals surface area (Å²) < 4.78 is 45.8. The highest BCUT2D eigenvalue weighted by Gasteiger charge is 2.42. The minimum absolute atomic E-state index is 0.0245. The number of rotatable bonds is 2. The summed E-state index contributed by atoms with van der Waals surface area (Å²) in [6, 6.07) is 1.37. The first-order valence-electron chi connectivity index (χ1n) is 6.63. The Morgan fingerprint density at radius 3 is 2.42 bits per heavy atom. The predicted octanol–water partition coefficient (Wildman–Crippen LogP) is 3.62. The van der Waals surface area contributed by atoms with Gasteiger partial charge < -0.3 is 10.1 Å². The van der Waals surface area contributed by atoms with Crippen LogP contribution in [0.5, 0.6) is 0 Å². The van der Waals surface area contributed by atoms with E-state index in [9.17, 15) is 13.2 Å². The number of benzene rings is 1. The van der Waals surface area contributed by atoms with E-state index >= 15 is 0 Å². The summed E-state index contributed by atoms with van der Waals surface area (Å²) in [6.45, 7) is 0.599. The average Bonchev–Trinajstić information content (AvgIpc) is 2.32. The maximum Gasteiger partial charge on any atom is 0.152 e. The first kappa shape index (κ1) is 12.8. The van der Waals surface area contributed by atoms with Gasteiger partial charge in [-0.25, -0.2) is 13.2 Å². The summed E-state index contributed by atoms with van der Waals surface area (Å²) in [4.78, 5) is 0. The van der Waals surface area contributed by atoms with Crippen LogP contribution in [-0.4, -0.2) is 18.2 Å². The zero-order chi connectivity index (χ0) is 13.5. The van der Waals surface area contributed by atoms with Gasteiger partial charge in [0.05, 0.1) is 5.60 Å². The SMILES string of the molecule is Fc1cc(F)c(NC2CCOC3(CCC3)C2)c(F)c1. The monoisotopic (exact) mass is 271 g/mol. The van der Waals surface area contributed by atoms with E-state index < -0.39 is 17.5 Å². The van der Waals surface area contributed by atoms with Crippen molar-refractivity contribution >= 4 is 5.69 Å². The van der Waals surface area contributed by atoms with E-state index in [0.717, 1.165) is 25.7 Å². The highest BCUT2D eigenvalue weighted by Crippen LogP contribution is 2.43. The van der Waals surface area contributed by atoms with E-state index in [0.29, 0.717) is 25.2 Å². The first-order chi connectivity index (χ1) is 9.08. The Labute approximate surface area is 109 Å². The molecular formula is C14H16F3NO. The van der Waals surface area contributed by atoms with Crippen molar-refractivity contribution in [1.82, 2.24) is 0 Å². The van der Waals surface area contributed by atoms with Crippen LogP contribution >= 0.6 is 0 Å². The fraction of sp³-hybridized carbons (Fsp3) is 0.571. The topological polar surface area (TPSA) is 21.3 Å². The number of ether oxygens (including phenoxy) is 1. The molecule has 104 valence electrons. The maximum absolute atomic E-state index is 13.6. The molecule has 1 saturated carbocycles. The van der Waals surface area contributed by atoms with Crippen molar-refractivity contribution in [2.75, 3.05) is 11.9 Å². The van der Waals surface area contributed by atoms with Gasteiger partial charge in [-0.3, -0.25) is 0 Å². The smallest absolute Gasteiger partial charge is 0.152 e. The molecule has 1 saturated heterocycles. The van der Waals surface area contributed by atoms with Crippen LogP contribution in [0.2, 0.25) is 0 Å². The summed E-state index contributed by atoms with van der Waals surface area (Å²) in [7, 11) is 0. The number of hydrogen-bond donors (Lipinski definition) is 1. The Morgan fingerprint density at radius 1 is 1.16 bits per heavy atom. The van der Waals surface area contributed by atoms with Gasteiger partial charge in [0.15, 0.2) is 11.6 Å². The quantitative estimate of drug-likeness (QED) is 0.887. The lowest BCUT2D eigenvalue weighted by Gasteiger charge is -2.47. The maximum atomic E-state index is 13.6. The second-order valence-electron chi connectivity index (χ2n) is 5.46. The highest BCUT2D eigenvalue weighted by atomic mass is 19.1. The Hall–Kier alpha value is -1.23. The van der Waals surface area contributed by atoms with Crippen LogP contribution in [-0.2, 0) is 4.74 Å². The third-order valence-corrected chi connectivity index (χ3v) is 4.11. The molecule has 19 heavy (non-hydrogen) atoms. The zero-order valence-corrected chi connectivity index (χ0v) is 10.5. The first-order valence-corrected chi connectivity index (χ1v) is 6.63. The van der Waals surface area contributed by atoms with Crippen LogP contribution in [0.4, 0.5) is 18.9 Å². The van der Waals surface area contributed by atoms with E-state index in [1.54, 1.807) is 0 Å². The van der Waals surface area contributed by atoms with E-state index in [1.807, 2.05) is 0 Å². The average molecular weight is 271 g/mol. The summed E-state index contributed by atoms with van der Waals surface area (Å²) in [5.74, 6) is -2.67. The van der Waals surface area contributed by atoms with Gasteiger partial charge >= 0.3 is 0 Å². The van der Waals surface area contributed by atoms with Crippen molar-refractivity contribution in [3.05, 3.63) is 29.6 Å². The molecule has 0 aromatic heterocycles. The van der Waals surface area contributed by atoms with Crippen LogP contribution in [0.1, 0.15) is 32.1 Å². The van der Waals surface area contributed by atoms with Gasteiger partial charge in [-0.2, -0.15) is 0 Å². The molecule has 1 aromatic carbocycles. The van der Waals surface area contributed by atoms with Gasteiger partial charge in [0.25, 0.3) is 0 Å². The number of halogens is 3. The molecule has 1 unspecified atom stereocenters. The Balaban J connectivity index is 1.74. The summed E-state index contributed by atoms with van der Waals surface area (Å²) in [5.41, 5.74) is -0.328. The molecule has 5 heteroatoms. The number of nitrogens with one attached hydrogen (secondary N) is 1. The molecule has 1 heterocycles. The lowest BCUT2D eigenvalue weighted by Crippen LogP contribution is -2.49. The minimum Gasteiger partial charge on any atom is -0.377 e. The van der Waals surface area contributed by atoms with Crippen molar-refractivity contribution < 1.29 is 17.9 Å². The lowest BCUT2D eigenvalue weighted by molar-refractivity contribution is -0.130. The van der Waals surface area contributed by atoms with Crippen molar-refractivity contribution in [2.24, 2.45) is 0 Å². The molecule has 0 bridgehead atoms. The highest BCUT2D eigenvalue weighted by molar-refractivity contribution is 5.47. The van der Waals surface area contributed by atoms with Gasteiger partial charge in [0.1, 0.15) is 11.5 Å². The molecule has 2 nitrogen and oxygen atoms in total. The van der Waals surface area contributed by atoms with Crippen LogP contribution in [0.25, 0.3) is 0 Å². The van der Waals surface area contributed by atoms with Crippen LogP contribution in [0, 0.1) is 17.5 Å². The molecule has 1 aliphatic heterocycles. The molecule has 0 amide bonds. The van der Waals surface area contributed by atoms with Crippen LogP contribution < -0.4 is 5.32 Å². The molecule has 2 aliphatic rings. The molecule has 1 aliphatic carbocycles. The lowest BCUT2D eigenvalue weighted by atomic mass is 9.74. The second-order valence-corrected chi connectivity index (χ2v) is 5.46. The van der Waals surface area contributed by atoms with E-state index in [1.165, 1.54) is 0 Å². The van der Waals surface area contributed by atoms with Crippen molar-refractivity contribution in [1.29, 1.82) is 0 Å². The van der Waals surface area contributed by atoms with E-state index in [2.05, 4.69) is 5.32 Å². The summed E-state index contributed by atoms with van der Waals surface area (Å²) >= 11 is 0. The van der Waals surface area contributed by atoms with Crippen molar-refractivity contribution in [2.45, 2.75) is 43.7 Å². The number of anilines is 1. The fourth-order valence-electron chi connectivity index (χ4n) is 2.95. The van der Waals surface area contributed by atoms with Crippen molar-refractivity contribution in [3.8, 4) is 0 Å². The third-order valence-electron chi connectivity index (χ3n) is 4.11. The molecule has 1 atom stereocenters. The van der Waals surface area contributed by atoms with E-state index in [-0.39, 0.29) is 17.3 Å². The summed E-state index contributed by atoms with van der Waals surface area (Å²) in [6.07, 6.45) is 4.63. The van der Waals surface area contributed by atoms with Crippen LogP contribution in [0.15, 0.2) is 12.1 Å². The van der Waals surface area contributed by atoms with Gasteiger partial charge in [-0.1, -0.05) is 0 Å². The molecule has 3 rings (SSSR count). The molecular weight excluding hydrogens is 255 g/mol. The predicted molar refractivity (Wildman–Crippen MR) is 65.5 cm³/mol.